The summed E-state index contributed by atoms with van der Waals surface area (Å²) in [7, 11) is 1.20. The second-order valence-corrected chi connectivity index (χ2v) is 2.70. The number of ether oxygens (including phenoxy) is 2. The Morgan fingerprint density at radius 1 is 1.29 bits per heavy atom. The van der Waals surface area contributed by atoms with Gasteiger partial charge in [-0.2, -0.15) is 0 Å². The van der Waals surface area contributed by atoms with Crippen molar-refractivity contribution in [3.05, 3.63) is 0 Å². The van der Waals surface area contributed by atoms with Crippen LogP contribution in [0.4, 0.5) is 0 Å². The van der Waals surface area contributed by atoms with Crippen LogP contribution in [-0.4, -0.2) is 31.4 Å². The van der Waals surface area contributed by atoms with Gasteiger partial charge in [0.25, 0.3) is 0 Å². The Kier molecular flexibility index (Phi) is 5.52. The lowest BCUT2D eigenvalue weighted by Crippen LogP contribution is -2.27. The molecule has 0 bridgehead atoms. The molecule has 0 aliphatic rings. The smallest absolute Gasteiger partial charge is 0.317 e. The summed E-state index contributed by atoms with van der Waals surface area (Å²) in [4.78, 5) is 33.0. The van der Waals surface area contributed by atoms with E-state index in [0.29, 0.717) is 0 Å². The van der Waals surface area contributed by atoms with Crippen molar-refractivity contribution in [1.29, 1.82) is 0 Å². The van der Waals surface area contributed by atoms with Crippen LogP contribution < -0.4 is 0 Å². The molecule has 0 fully saturated rings. The first-order valence-corrected chi connectivity index (χ1v) is 4.26. The van der Waals surface area contributed by atoms with Gasteiger partial charge in [-0.15, -0.1) is 0 Å². The van der Waals surface area contributed by atoms with E-state index in [1.165, 1.54) is 14.0 Å². The fourth-order valence-electron chi connectivity index (χ4n) is 0.886. The minimum absolute atomic E-state index is 0.184. The molecule has 14 heavy (non-hydrogen) atoms. The van der Waals surface area contributed by atoms with Gasteiger partial charge in [-0.25, -0.2) is 0 Å². The number of ketones is 1. The van der Waals surface area contributed by atoms with E-state index in [2.05, 4.69) is 9.47 Å². The molecule has 0 radical (unpaired) electrons. The van der Waals surface area contributed by atoms with Crippen LogP contribution in [0, 0.1) is 5.92 Å². The Hall–Kier alpha value is -1.39. The van der Waals surface area contributed by atoms with Gasteiger partial charge >= 0.3 is 11.9 Å². The Bertz CT molecular complexity index is 233. The lowest BCUT2D eigenvalue weighted by atomic mass is 10.0. The van der Waals surface area contributed by atoms with E-state index in [-0.39, 0.29) is 13.0 Å². The summed E-state index contributed by atoms with van der Waals surface area (Å²) in [6, 6.07) is 0. The topological polar surface area (TPSA) is 69.7 Å². The first kappa shape index (κ1) is 12.6. The number of carbonyl (C=O) groups excluding carboxylic acids is 3. The first-order chi connectivity index (χ1) is 6.52. The summed E-state index contributed by atoms with van der Waals surface area (Å²) in [5.41, 5.74) is 0. The van der Waals surface area contributed by atoms with Gasteiger partial charge in [-0.1, -0.05) is 0 Å². The van der Waals surface area contributed by atoms with Crippen LogP contribution in [0.15, 0.2) is 0 Å². The molecule has 0 aromatic rings. The van der Waals surface area contributed by atoms with Gasteiger partial charge in [0.2, 0.25) is 0 Å². The largest absolute Gasteiger partial charge is 0.469 e. The molecular weight excluding hydrogens is 188 g/mol. The minimum atomic E-state index is -1.04. The van der Waals surface area contributed by atoms with Gasteiger partial charge in [0.15, 0.2) is 0 Å². The number of rotatable bonds is 5. The number of methoxy groups -OCH3 is 1. The predicted octanol–water partition coefficient (Wildman–Crippen LogP) is 0.318. The molecule has 0 aromatic carbocycles. The molecule has 0 saturated carbocycles. The highest BCUT2D eigenvalue weighted by Gasteiger charge is 2.27. The van der Waals surface area contributed by atoms with Crippen LogP contribution in [-0.2, 0) is 23.9 Å². The molecule has 1 unspecified atom stereocenters. The average Bonchev–Trinajstić information content (AvgIpc) is 2.13. The average molecular weight is 202 g/mol. The third kappa shape index (κ3) is 4.02. The number of hydrogen-bond acceptors (Lipinski definition) is 5. The van der Waals surface area contributed by atoms with Crippen LogP contribution in [0.2, 0.25) is 0 Å². The maximum Gasteiger partial charge on any atom is 0.317 e. The number of carbonyl (C=O) groups is 3. The zero-order valence-corrected chi connectivity index (χ0v) is 8.53. The fourth-order valence-corrected chi connectivity index (χ4v) is 0.886. The molecule has 1 atom stereocenters. The molecule has 0 saturated heterocycles. The second kappa shape index (κ2) is 6.12. The summed E-state index contributed by atoms with van der Waals surface area (Å²) < 4.78 is 9.00. The van der Waals surface area contributed by atoms with Crippen LogP contribution in [0.1, 0.15) is 20.3 Å². The summed E-state index contributed by atoms with van der Waals surface area (Å²) in [6.45, 7) is 3.06. The molecule has 0 heterocycles. The molecule has 0 spiro atoms. The van der Waals surface area contributed by atoms with Crippen molar-refractivity contribution in [2.75, 3.05) is 13.7 Å². The quantitative estimate of drug-likeness (QED) is 0.474. The summed E-state index contributed by atoms with van der Waals surface area (Å²) in [6.07, 6.45) is -0.259. The monoisotopic (exact) mass is 202 g/mol. The maximum atomic E-state index is 11.2. The molecule has 0 aromatic heterocycles. The van der Waals surface area contributed by atoms with Crippen molar-refractivity contribution in [3.8, 4) is 0 Å². The highest BCUT2D eigenvalue weighted by atomic mass is 16.5. The third-order valence-electron chi connectivity index (χ3n) is 1.66. The van der Waals surface area contributed by atoms with E-state index in [9.17, 15) is 14.4 Å². The molecule has 0 aliphatic heterocycles. The van der Waals surface area contributed by atoms with Crippen molar-refractivity contribution < 1.29 is 23.9 Å². The molecule has 0 N–H and O–H groups in total. The molecule has 0 rings (SSSR count). The maximum absolute atomic E-state index is 11.2. The van der Waals surface area contributed by atoms with Crippen LogP contribution in [0.5, 0.6) is 0 Å². The normalized spacial score (nSPS) is 11.6. The van der Waals surface area contributed by atoms with Crippen molar-refractivity contribution in [2.45, 2.75) is 20.3 Å². The minimum Gasteiger partial charge on any atom is -0.469 e. The van der Waals surface area contributed by atoms with Crippen LogP contribution in [0.25, 0.3) is 0 Å². The van der Waals surface area contributed by atoms with E-state index >= 15 is 0 Å². The second-order valence-electron chi connectivity index (χ2n) is 2.70. The standard InChI is InChI=1S/C9H14O5/c1-4-14-9(12)7(6(2)10)5-8(11)13-3/h7H,4-5H2,1-3H3. The SMILES string of the molecule is CCOC(=O)C(CC(=O)OC)C(C)=O. The lowest BCUT2D eigenvalue weighted by molar-refractivity contribution is -0.156. The summed E-state index contributed by atoms with van der Waals surface area (Å²) in [5, 5.41) is 0. The Labute approximate surface area is 82.4 Å². The first-order valence-electron chi connectivity index (χ1n) is 4.26. The van der Waals surface area contributed by atoms with Gasteiger partial charge in [-0.3, -0.25) is 14.4 Å². The highest BCUT2D eigenvalue weighted by Crippen LogP contribution is 2.08. The zero-order chi connectivity index (χ0) is 11.1. The van der Waals surface area contributed by atoms with E-state index in [1.807, 2.05) is 0 Å². The van der Waals surface area contributed by atoms with Gasteiger partial charge in [-0.05, 0) is 13.8 Å². The molecular formula is C9H14O5. The van der Waals surface area contributed by atoms with Crippen molar-refractivity contribution in [2.24, 2.45) is 5.92 Å². The van der Waals surface area contributed by atoms with Crippen LogP contribution in [0.3, 0.4) is 0 Å². The Morgan fingerprint density at radius 2 is 1.86 bits per heavy atom. The van der Waals surface area contributed by atoms with E-state index < -0.39 is 23.6 Å². The van der Waals surface area contributed by atoms with Crippen molar-refractivity contribution in [1.82, 2.24) is 0 Å². The lowest BCUT2D eigenvalue weighted by Gasteiger charge is -2.10. The van der Waals surface area contributed by atoms with Gasteiger partial charge in [0, 0.05) is 0 Å². The molecule has 5 nitrogen and oxygen atoms in total. The van der Waals surface area contributed by atoms with Crippen LogP contribution >= 0.6 is 0 Å². The summed E-state index contributed by atoms with van der Waals surface area (Å²) >= 11 is 0. The number of Topliss-reactive ketones (excluding diaryl/α,β-unsaturated/α-hetero) is 1. The third-order valence-corrected chi connectivity index (χ3v) is 1.66. The number of hydrogen-bond donors (Lipinski definition) is 0. The van der Waals surface area contributed by atoms with Gasteiger partial charge in [0.1, 0.15) is 11.7 Å². The van der Waals surface area contributed by atoms with E-state index in [1.54, 1.807) is 6.92 Å². The molecule has 80 valence electrons. The van der Waals surface area contributed by atoms with E-state index in [4.69, 9.17) is 0 Å². The van der Waals surface area contributed by atoms with Crippen molar-refractivity contribution >= 4 is 17.7 Å². The highest BCUT2D eigenvalue weighted by molar-refractivity contribution is 6.00. The van der Waals surface area contributed by atoms with Crippen molar-refractivity contribution in [3.63, 3.8) is 0 Å². The zero-order valence-electron chi connectivity index (χ0n) is 8.53. The predicted molar refractivity (Wildman–Crippen MR) is 47.4 cm³/mol. The van der Waals surface area contributed by atoms with E-state index in [0.717, 1.165) is 0 Å². The Balaban J connectivity index is 4.36. The van der Waals surface area contributed by atoms with Gasteiger partial charge in [0.05, 0.1) is 20.1 Å². The molecule has 0 amide bonds. The number of esters is 2. The van der Waals surface area contributed by atoms with Gasteiger partial charge < -0.3 is 9.47 Å². The fraction of sp³-hybridized carbons (Fsp3) is 0.667. The molecule has 0 aliphatic carbocycles. The Morgan fingerprint density at radius 3 is 2.21 bits per heavy atom. The summed E-state index contributed by atoms with van der Waals surface area (Å²) in [5.74, 6) is -2.71. The molecule has 5 heteroatoms.